The fraction of sp³-hybridized carbons (Fsp3) is 0.333. The number of hydrogen-bond acceptors (Lipinski definition) is 3. The Morgan fingerprint density at radius 2 is 2.43 bits per heavy atom. The Morgan fingerprint density at radius 1 is 1.86 bits per heavy atom. The first-order valence-electron chi connectivity index (χ1n) is 1.68. The lowest BCUT2D eigenvalue weighted by Gasteiger charge is -1.72. The fourth-order valence-electron chi connectivity index (χ4n) is 0.133. The predicted octanol–water partition coefficient (Wildman–Crippen LogP) is 0.707. The highest BCUT2D eigenvalue weighted by Gasteiger charge is 1.77. The van der Waals surface area contributed by atoms with Crippen LogP contribution in [0.3, 0.4) is 0 Å². The van der Waals surface area contributed by atoms with Gasteiger partial charge in [0.05, 0.1) is 4.92 Å². The predicted molar refractivity (Wildman–Crippen MR) is 30.0 cm³/mol. The van der Waals surface area contributed by atoms with Gasteiger partial charge in [0.1, 0.15) is 0 Å². The Balaban J connectivity index is 3.26. The van der Waals surface area contributed by atoms with Gasteiger partial charge in [0.2, 0.25) is 6.20 Å². The van der Waals surface area contributed by atoms with E-state index in [0.29, 0.717) is 5.75 Å². The highest BCUT2D eigenvalue weighted by atomic mass is 32.1. The molecule has 0 atom stereocenters. The van der Waals surface area contributed by atoms with E-state index in [4.69, 9.17) is 0 Å². The monoisotopic (exact) mass is 119 g/mol. The van der Waals surface area contributed by atoms with Crippen LogP contribution < -0.4 is 0 Å². The number of hydrogen-bond donors (Lipinski definition) is 1. The first kappa shape index (κ1) is 6.49. The van der Waals surface area contributed by atoms with Crippen LogP contribution in [0, 0.1) is 10.1 Å². The SMILES string of the molecule is O=[N+]([O-])C=CCS. The van der Waals surface area contributed by atoms with Crippen LogP contribution in [0.25, 0.3) is 0 Å². The minimum Gasteiger partial charge on any atom is -0.259 e. The Bertz CT molecular complexity index is 90.9. The highest BCUT2D eigenvalue weighted by molar-refractivity contribution is 7.80. The van der Waals surface area contributed by atoms with Crippen LogP contribution in [-0.2, 0) is 0 Å². The van der Waals surface area contributed by atoms with Gasteiger partial charge in [0.25, 0.3) is 0 Å². The quantitative estimate of drug-likeness (QED) is 0.330. The van der Waals surface area contributed by atoms with Crippen molar-refractivity contribution in [3.8, 4) is 0 Å². The maximum Gasteiger partial charge on any atom is 0.231 e. The van der Waals surface area contributed by atoms with Crippen LogP contribution >= 0.6 is 12.6 Å². The molecule has 0 amide bonds. The fourth-order valence-corrected chi connectivity index (χ4v) is 0.227. The van der Waals surface area contributed by atoms with E-state index < -0.39 is 4.92 Å². The summed E-state index contributed by atoms with van der Waals surface area (Å²) in [6.07, 6.45) is 2.23. The topological polar surface area (TPSA) is 43.1 Å². The van der Waals surface area contributed by atoms with Crippen molar-refractivity contribution in [1.29, 1.82) is 0 Å². The Morgan fingerprint density at radius 3 is 2.57 bits per heavy atom. The molecule has 0 aliphatic rings. The normalized spacial score (nSPS) is 9.86. The molecule has 3 nitrogen and oxygen atoms in total. The van der Waals surface area contributed by atoms with E-state index >= 15 is 0 Å². The lowest BCUT2D eigenvalue weighted by molar-refractivity contribution is -0.402. The maximum atomic E-state index is 9.44. The zero-order chi connectivity index (χ0) is 5.70. The molecule has 0 spiro atoms. The average Bonchev–Trinajstić information content (AvgIpc) is 1.61. The van der Waals surface area contributed by atoms with Crippen molar-refractivity contribution in [2.45, 2.75) is 0 Å². The summed E-state index contributed by atoms with van der Waals surface area (Å²) >= 11 is 3.70. The first-order valence-corrected chi connectivity index (χ1v) is 2.31. The summed E-state index contributed by atoms with van der Waals surface area (Å²) in [5.74, 6) is 0.418. The van der Waals surface area contributed by atoms with Crippen molar-refractivity contribution in [3.63, 3.8) is 0 Å². The van der Waals surface area contributed by atoms with E-state index in [-0.39, 0.29) is 0 Å². The number of thiol groups is 1. The number of rotatable bonds is 2. The molecule has 4 heteroatoms. The molecule has 0 saturated carbocycles. The molecule has 0 aliphatic heterocycles. The van der Waals surface area contributed by atoms with E-state index in [1.54, 1.807) is 0 Å². The first-order chi connectivity index (χ1) is 3.27. The van der Waals surface area contributed by atoms with Gasteiger partial charge in [-0.1, -0.05) is 0 Å². The Labute approximate surface area is 46.6 Å². The molecule has 0 N–H and O–H groups in total. The molecule has 0 unspecified atom stereocenters. The van der Waals surface area contributed by atoms with Crippen LogP contribution in [0.5, 0.6) is 0 Å². The molecule has 7 heavy (non-hydrogen) atoms. The zero-order valence-electron chi connectivity index (χ0n) is 3.57. The molecule has 0 heterocycles. The minimum atomic E-state index is -0.518. The third kappa shape index (κ3) is 5.49. The van der Waals surface area contributed by atoms with Gasteiger partial charge in [-0.2, -0.15) is 12.6 Å². The third-order valence-electron chi connectivity index (χ3n) is 0.333. The van der Waals surface area contributed by atoms with Gasteiger partial charge >= 0.3 is 0 Å². The molecule has 0 saturated heterocycles. The summed E-state index contributed by atoms with van der Waals surface area (Å²) in [7, 11) is 0. The summed E-state index contributed by atoms with van der Waals surface area (Å²) in [5.41, 5.74) is 0. The lowest BCUT2D eigenvalue weighted by atomic mass is 10.7. The van der Waals surface area contributed by atoms with E-state index in [0.717, 1.165) is 6.20 Å². The van der Waals surface area contributed by atoms with Crippen molar-refractivity contribution in [2.24, 2.45) is 0 Å². The standard InChI is InChI=1S/C3H5NO2S/c5-4(6)2-1-3-7/h1-2,7H,3H2. The second-order valence-corrected chi connectivity index (χ2v) is 1.22. The molecule has 0 aliphatic carbocycles. The van der Waals surface area contributed by atoms with Gasteiger partial charge in [0.15, 0.2) is 0 Å². The van der Waals surface area contributed by atoms with E-state index in [1.807, 2.05) is 0 Å². The van der Waals surface area contributed by atoms with Gasteiger partial charge in [-0.3, -0.25) is 10.1 Å². The van der Waals surface area contributed by atoms with E-state index in [9.17, 15) is 10.1 Å². The van der Waals surface area contributed by atoms with Gasteiger partial charge in [-0.05, 0) is 6.08 Å². The summed E-state index contributed by atoms with van der Waals surface area (Å²) in [5, 5.41) is 9.44. The number of nitro groups is 1. The smallest absolute Gasteiger partial charge is 0.231 e. The highest BCUT2D eigenvalue weighted by Crippen LogP contribution is 1.76. The molecule has 0 bridgehead atoms. The summed E-state index contributed by atoms with van der Waals surface area (Å²) in [4.78, 5) is 8.93. The minimum absolute atomic E-state index is 0.418. The van der Waals surface area contributed by atoms with Crippen LogP contribution in [-0.4, -0.2) is 10.7 Å². The van der Waals surface area contributed by atoms with Gasteiger partial charge < -0.3 is 0 Å². The van der Waals surface area contributed by atoms with Crippen molar-refractivity contribution in [2.75, 3.05) is 5.75 Å². The largest absolute Gasteiger partial charge is 0.259 e. The summed E-state index contributed by atoms with van der Waals surface area (Å²) in [6.45, 7) is 0. The van der Waals surface area contributed by atoms with Gasteiger partial charge in [-0.15, -0.1) is 0 Å². The van der Waals surface area contributed by atoms with Crippen LogP contribution in [0.1, 0.15) is 0 Å². The summed E-state index contributed by atoms with van der Waals surface area (Å²) in [6, 6.07) is 0. The molecular weight excluding hydrogens is 114 g/mol. The zero-order valence-corrected chi connectivity index (χ0v) is 4.47. The molecular formula is C3H5NO2S. The van der Waals surface area contributed by atoms with Crippen LogP contribution in [0.2, 0.25) is 0 Å². The molecule has 0 aromatic rings. The van der Waals surface area contributed by atoms with Crippen LogP contribution in [0.4, 0.5) is 0 Å². The van der Waals surface area contributed by atoms with Gasteiger partial charge in [0, 0.05) is 5.75 Å². The molecule has 0 aromatic heterocycles. The molecule has 0 aromatic carbocycles. The second kappa shape index (κ2) is 3.67. The van der Waals surface area contributed by atoms with Crippen molar-refractivity contribution in [1.82, 2.24) is 0 Å². The van der Waals surface area contributed by atoms with Crippen LogP contribution in [0.15, 0.2) is 12.3 Å². The third-order valence-corrected chi connectivity index (χ3v) is 0.543. The molecule has 40 valence electrons. The average molecular weight is 119 g/mol. The van der Waals surface area contributed by atoms with Crippen molar-refractivity contribution >= 4 is 12.6 Å². The molecule has 0 rings (SSSR count). The van der Waals surface area contributed by atoms with E-state index in [1.165, 1.54) is 6.08 Å². The number of nitrogens with zero attached hydrogens (tertiary/aromatic N) is 1. The van der Waals surface area contributed by atoms with Crippen molar-refractivity contribution in [3.05, 3.63) is 22.4 Å². The second-order valence-electron chi connectivity index (χ2n) is 0.853. The maximum absolute atomic E-state index is 9.44. The lowest BCUT2D eigenvalue weighted by Crippen LogP contribution is -1.81. The Kier molecular flexibility index (Phi) is 3.40. The molecule has 0 radical (unpaired) electrons. The summed E-state index contributed by atoms with van der Waals surface area (Å²) < 4.78 is 0. The van der Waals surface area contributed by atoms with Crippen molar-refractivity contribution < 1.29 is 4.92 Å². The molecule has 0 fully saturated rings. The van der Waals surface area contributed by atoms with E-state index in [2.05, 4.69) is 12.6 Å². The van der Waals surface area contributed by atoms with Gasteiger partial charge in [-0.25, -0.2) is 0 Å². The Hall–Kier alpha value is -0.510.